The van der Waals surface area contributed by atoms with Gasteiger partial charge in [0.15, 0.2) is 0 Å². The zero-order valence-corrected chi connectivity index (χ0v) is 11.5. The molecular weight excluding hydrogens is 295 g/mol. The zero-order valence-electron chi connectivity index (χ0n) is 10.7. The number of furan rings is 1. The molecule has 110 valence electrons. The van der Waals surface area contributed by atoms with Crippen LogP contribution < -0.4 is 5.32 Å². The molecule has 1 N–H and O–H groups in total. The van der Waals surface area contributed by atoms with Crippen molar-refractivity contribution in [1.82, 2.24) is 10.2 Å². The van der Waals surface area contributed by atoms with E-state index in [-0.39, 0.29) is 11.7 Å². The van der Waals surface area contributed by atoms with Crippen LogP contribution in [0.25, 0.3) is 0 Å². The topological polar surface area (TPSA) is 60.2 Å². The normalized spacial score (nSPS) is 13.4. The van der Waals surface area contributed by atoms with Crippen LogP contribution in [-0.4, -0.2) is 23.9 Å². The average molecular weight is 307 g/mol. The standard InChI is InChI=1S/C11H12F3N3O2S/c1-6-3-4-8(19-6)7(5-18-2)15-10-17-16-9(20-10)11(12,13)14/h3-4,7H,5H2,1-2H3,(H,15,17). The second kappa shape index (κ2) is 5.80. The van der Waals surface area contributed by atoms with Crippen molar-refractivity contribution in [3.63, 3.8) is 0 Å². The SMILES string of the molecule is COCC(Nc1nnc(C(F)(F)F)s1)c1ccc(C)o1. The van der Waals surface area contributed by atoms with Gasteiger partial charge >= 0.3 is 6.18 Å². The monoisotopic (exact) mass is 307 g/mol. The number of nitrogens with one attached hydrogen (secondary N) is 1. The second-order valence-electron chi connectivity index (χ2n) is 4.01. The highest BCUT2D eigenvalue weighted by molar-refractivity contribution is 7.15. The van der Waals surface area contributed by atoms with E-state index in [2.05, 4.69) is 15.5 Å². The molecule has 0 saturated carbocycles. The van der Waals surface area contributed by atoms with Gasteiger partial charge in [-0.3, -0.25) is 0 Å². The summed E-state index contributed by atoms with van der Waals surface area (Å²) < 4.78 is 47.8. The number of aromatic nitrogens is 2. The first kappa shape index (κ1) is 14.8. The summed E-state index contributed by atoms with van der Waals surface area (Å²) in [7, 11) is 1.49. The molecule has 0 saturated heterocycles. The Bertz CT molecular complexity index is 567. The molecule has 2 rings (SSSR count). The van der Waals surface area contributed by atoms with Gasteiger partial charge in [-0.25, -0.2) is 0 Å². The number of hydrogen-bond acceptors (Lipinski definition) is 6. The lowest BCUT2D eigenvalue weighted by Crippen LogP contribution is -2.15. The molecule has 0 aliphatic rings. The van der Waals surface area contributed by atoms with E-state index < -0.39 is 17.2 Å². The van der Waals surface area contributed by atoms with E-state index in [4.69, 9.17) is 9.15 Å². The van der Waals surface area contributed by atoms with Crippen LogP contribution >= 0.6 is 11.3 Å². The Balaban J connectivity index is 2.14. The van der Waals surface area contributed by atoms with Gasteiger partial charge in [-0.05, 0) is 19.1 Å². The van der Waals surface area contributed by atoms with Gasteiger partial charge in [-0.15, -0.1) is 10.2 Å². The van der Waals surface area contributed by atoms with Crippen LogP contribution in [0.2, 0.25) is 0 Å². The number of hydrogen-bond donors (Lipinski definition) is 1. The number of rotatable bonds is 5. The van der Waals surface area contributed by atoms with Crippen molar-refractivity contribution in [2.45, 2.75) is 19.1 Å². The molecule has 0 spiro atoms. The quantitative estimate of drug-likeness (QED) is 0.918. The first-order valence-corrected chi connectivity index (χ1v) is 6.44. The van der Waals surface area contributed by atoms with E-state index in [0.717, 1.165) is 0 Å². The molecule has 9 heteroatoms. The van der Waals surface area contributed by atoms with Gasteiger partial charge < -0.3 is 14.5 Å². The molecule has 0 fully saturated rings. The third-order valence-electron chi connectivity index (χ3n) is 2.40. The number of alkyl halides is 3. The lowest BCUT2D eigenvalue weighted by molar-refractivity contribution is -0.138. The summed E-state index contributed by atoms with van der Waals surface area (Å²) in [5.41, 5.74) is 0. The van der Waals surface area contributed by atoms with Gasteiger partial charge in [0.05, 0.1) is 6.61 Å². The molecule has 2 aromatic rings. The molecule has 0 amide bonds. The Morgan fingerprint density at radius 3 is 2.65 bits per heavy atom. The summed E-state index contributed by atoms with van der Waals surface area (Å²) in [5, 5.41) is 8.48. The fourth-order valence-corrected chi connectivity index (χ4v) is 2.21. The molecule has 20 heavy (non-hydrogen) atoms. The minimum atomic E-state index is -4.49. The Morgan fingerprint density at radius 1 is 1.40 bits per heavy atom. The average Bonchev–Trinajstić information content (AvgIpc) is 2.96. The van der Waals surface area contributed by atoms with Gasteiger partial charge in [0.1, 0.15) is 17.6 Å². The highest BCUT2D eigenvalue weighted by Crippen LogP contribution is 2.34. The third-order valence-corrected chi connectivity index (χ3v) is 3.30. The first-order chi connectivity index (χ1) is 9.40. The number of aryl methyl sites for hydroxylation is 1. The van der Waals surface area contributed by atoms with E-state index in [0.29, 0.717) is 22.9 Å². The number of anilines is 1. The maximum absolute atomic E-state index is 12.4. The molecular formula is C11H12F3N3O2S. The molecule has 1 unspecified atom stereocenters. The van der Waals surface area contributed by atoms with E-state index in [9.17, 15) is 13.2 Å². The Morgan fingerprint density at radius 2 is 2.15 bits per heavy atom. The maximum Gasteiger partial charge on any atom is 0.445 e. The summed E-state index contributed by atoms with van der Waals surface area (Å²) in [6.07, 6.45) is -4.49. The smallest absolute Gasteiger partial charge is 0.445 e. The van der Waals surface area contributed by atoms with Crippen molar-refractivity contribution in [3.05, 3.63) is 28.7 Å². The number of ether oxygens (including phenoxy) is 1. The zero-order chi connectivity index (χ0) is 14.8. The highest BCUT2D eigenvalue weighted by Gasteiger charge is 2.36. The van der Waals surface area contributed by atoms with Gasteiger partial charge in [-0.2, -0.15) is 13.2 Å². The lowest BCUT2D eigenvalue weighted by atomic mass is 10.2. The Hall–Kier alpha value is -1.61. The lowest BCUT2D eigenvalue weighted by Gasteiger charge is -2.14. The van der Waals surface area contributed by atoms with Crippen LogP contribution in [0.3, 0.4) is 0 Å². The summed E-state index contributed by atoms with van der Waals surface area (Å²) in [6, 6.07) is 3.07. The Kier molecular flexibility index (Phi) is 4.29. The summed E-state index contributed by atoms with van der Waals surface area (Å²) in [6.45, 7) is 2.01. The fourth-order valence-electron chi connectivity index (χ4n) is 1.55. The van der Waals surface area contributed by atoms with Crippen molar-refractivity contribution in [1.29, 1.82) is 0 Å². The van der Waals surface area contributed by atoms with Crippen LogP contribution in [0.4, 0.5) is 18.3 Å². The largest absolute Gasteiger partial charge is 0.464 e. The Labute approximate surface area is 116 Å². The predicted molar refractivity (Wildman–Crippen MR) is 66.6 cm³/mol. The van der Waals surface area contributed by atoms with Gasteiger partial charge in [0, 0.05) is 7.11 Å². The van der Waals surface area contributed by atoms with Crippen LogP contribution in [-0.2, 0) is 10.9 Å². The predicted octanol–water partition coefficient (Wildman–Crippen LogP) is 3.26. The molecule has 5 nitrogen and oxygen atoms in total. The number of nitrogens with zero attached hydrogens (tertiary/aromatic N) is 2. The van der Waals surface area contributed by atoms with E-state index >= 15 is 0 Å². The summed E-state index contributed by atoms with van der Waals surface area (Å²) >= 11 is 0.440. The highest BCUT2D eigenvalue weighted by atomic mass is 32.1. The van der Waals surface area contributed by atoms with Crippen LogP contribution in [0.15, 0.2) is 16.5 Å². The minimum absolute atomic E-state index is 0.0634. The molecule has 2 aromatic heterocycles. The molecule has 0 bridgehead atoms. The fraction of sp³-hybridized carbons (Fsp3) is 0.455. The van der Waals surface area contributed by atoms with Gasteiger partial charge in [0.2, 0.25) is 10.1 Å². The van der Waals surface area contributed by atoms with Gasteiger partial charge in [0.25, 0.3) is 0 Å². The van der Waals surface area contributed by atoms with Crippen LogP contribution in [0, 0.1) is 6.92 Å². The summed E-state index contributed by atoms with van der Waals surface area (Å²) in [5.74, 6) is 1.27. The maximum atomic E-state index is 12.4. The van der Waals surface area contributed by atoms with Crippen molar-refractivity contribution in [2.24, 2.45) is 0 Å². The van der Waals surface area contributed by atoms with Crippen molar-refractivity contribution in [2.75, 3.05) is 19.0 Å². The van der Waals surface area contributed by atoms with Gasteiger partial charge in [-0.1, -0.05) is 11.3 Å². The van der Waals surface area contributed by atoms with Crippen molar-refractivity contribution < 1.29 is 22.3 Å². The first-order valence-electron chi connectivity index (χ1n) is 5.62. The molecule has 0 radical (unpaired) electrons. The minimum Gasteiger partial charge on any atom is -0.464 e. The second-order valence-corrected chi connectivity index (χ2v) is 4.99. The molecule has 1 atom stereocenters. The molecule has 0 aromatic carbocycles. The summed E-state index contributed by atoms with van der Waals surface area (Å²) in [4.78, 5) is 0. The number of halogens is 3. The van der Waals surface area contributed by atoms with Crippen LogP contribution in [0.1, 0.15) is 22.6 Å². The molecule has 2 heterocycles. The van der Waals surface area contributed by atoms with Crippen molar-refractivity contribution in [3.8, 4) is 0 Å². The molecule has 0 aliphatic carbocycles. The molecule has 0 aliphatic heterocycles. The van der Waals surface area contributed by atoms with E-state index in [1.165, 1.54) is 7.11 Å². The van der Waals surface area contributed by atoms with Crippen molar-refractivity contribution >= 4 is 16.5 Å². The van der Waals surface area contributed by atoms with Crippen LogP contribution in [0.5, 0.6) is 0 Å². The third kappa shape index (κ3) is 3.48. The van der Waals surface area contributed by atoms with E-state index in [1.54, 1.807) is 19.1 Å². The van der Waals surface area contributed by atoms with E-state index in [1.807, 2.05) is 0 Å². The number of methoxy groups -OCH3 is 1.